The van der Waals surface area contributed by atoms with Crippen LogP contribution in [0.4, 0.5) is 11.4 Å². The monoisotopic (exact) mass is 462 g/mol. The molecule has 1 aliphatic heterocycles. The highest BCUT2D eigenvalue weighted by Gasteiger charge is 2.37. The van der Waals surface area contributed by atoms with E-state index in [4.69, 9.17) is 27.9 Å². The number of carbonyl (C=O) groups excluding carboxylic acids is 3. The maximum Gasteiger partial charge on any atom is 0.311 e. The first-order valence-electron chi connectivity index (χ1n) is 10.2. The molecule has 2 aromatic carbocycles. The minimum absolute atomic E-state index is 0.0602. The zero-order valence-electron chi connectivity index (χ0n) is 17.4. The van der Waals surface area contributed by atoms with Crippen LogP contribution in [-0.2, 0) is 32.0 Å². The van der Waals surface area contributed by atoms with E-state index in [1.54, 1.807) is 17.0 Å². The lowest BCUT2D eigenvalue weighted by Gasteiger charge is -2.23. The van der Waals surface area contributed by atoms with Crippen LogP contribution in [0.5, 0.6) is 0 Å². The highest BCUT2D eigenvalue weighted by molar-refractivity contribution is 6.36. The van der Waals surface area contributed by atoms with Crippen LogP contribution in [0.25, 0.3) is 0 Å². The summed E-state index contributed by atoms with van der Waals surface area (Å²) >= 11 is 11.9. The molecular weight excluding hydrogens is 439 g/mol. The molecule has 2 aromatic rings. The van der Waals surface area contributed by atoms with Crippen LogP contribution in [-0.4, -0.2) is 30.9 Å². The molecule has 164 valence electrons. The number of esters is 1. The highest BCUT2D eigenvalue weighted by atomic mass is 35.5. The lowest BCUT2D eigenvalue weighted by Crippen LogP contribution is -2.29. The molecule has 1 aliphatic rings. The van der Waals surface area contributed by atoms with Gasteiger partial charge in [-0.25, -0.2) is 0 Å². The van der Waals surface area contributed by atoms with Gasteiger partial charge in [0, 0.05) is 23.7 Å². The van der Waals surface area contributed by atoms with E-state index in [1.807, 2.05) is 32.0 Å². The van der Waals surface area contributed by atoms with E-state index in [1.165, 1.54) is 6.07 Å². The van der Waals surface area contributed by atoms with Crippen LogP contribution >= 0.6 is 23.2 Å². The minimum atomic E-state index is -0.617. The van der Waals surface area contributed by atoms with Gasteiger partial charge in [-0.2, -0.15) is 0 Å². The molecule has 0 unspecified atom stereocenters. The van der Waals surface area contributed by atoms with Crippen molar-refractivity contribution >= 4 is 52.4 Å². The van der Waals surface area contributed by atoms with Gasteiger partial charge < -0.3 is 15.0 Å². The fourth-order valence-corrected chi connectivity index (χ4v) is 4.13. The summed E-state index contributed by atoms with van der Waals surface area (Å²) in [6.45, 7) is 3.85. The Morgan fingerprint density at radius 1 is 1.13 bits per heavy atom. The van der Waals surface area contributed by atoms with Crippen LogP contribution in [0.1, 0.15) is 31.4 Å². The number of hydrogen-bond donors (Lipinski definition) is 1. The van der Waals surface area contributed by atoms with Crippen molar-refractivity contribution in [2.24, 2.45) is 5.92 Å². The summed E-state index contributed by atoms with van der Waals surface area (Å²) in [6.07, 6.45) is 1.63. The average Bonchev–Trinajstić information content (AvgIpc) is 3.14. The second-order valence-corrected chi connectivity index (χ2v) is 8.16. The van der Waals surface area contributed by atoms with Gasteiger partial charge in [0.15, 0.2) is 6.61 Å². The number of amides is 2. The topological polar surface area (TPSA) is 75.7 Å². The lowest BCUT2D eigenvalue weighted by molar-refractivity contribution is -0.151. The van der Waals surface area contributed by atoms with Gasteiger partial charge in [-0.05, 0) is 42.2 Å². The predicted octanol–water partition coefficient (Wildman–Crippen LogP) is 4.65. The third kappa shape index (κ3) is 5.38. The number of nitrogens with one attached hydrogen (secondary N) is 1. The molecule has 6 nitrogen and oxygen atoms in total. The van der Waals surface area contributed by atoms with Crippen LogP contribution in [0, 0.1) is 5.92 Å². The molecule has 8 heteroatoms. The Bertz CT molecular complexity index is 987. The molecule has 0 spiro atoms. The first kappa shape index (κ1) is 23.1. The molecule has 1 N–H and O–H groups in total. The number of para-hydroxylation sites is 1. The van der Waals surface area contributed by atoms with Gasteiger partial charge >= 0.3 is 5.97 Å². The van der Waals surface area contributed by atoms with Gasteiger partial charge in [0.2, 0.25) is 5.91 Å². The van der Waals surface area contributed by atoms with Gasteiger partial charge in [-0.1, -0.05) is 55.2 Å². The zero-order chi connectivity index (χ0) is 22.5. The lowest BCUT2D eigenvalue weighted by atomic mass is 10.0. The number of hydrogen-bond acceptors (Lipinski definition) is 4. The van der Waals surface area contributed by atoms with E-state index >= 15 is 0 Å². The van der Waals surface area contributed by atoms with E-state index < -0.39 is 24.4 Å². The first-order chi connectivity index (χ1) is 14.8. The standard InChI is InChI=1S/C23H24Cl2N2O4/c1-3-14-6-5-7-15(4-2)22(14)27-12-16(10-21(27)29)23(30)31-13-20(28)26-19-9-8-17(24)11-18(19)25/h5-9,11,16H,3-4,10,12-13H2,1-2H3,(H,26,28)/t16-/m1/s1. The van der Waals surface area contributed by atoms with Crippen LogP contribution < -0.4 is 10.2 Å². The fourth-order valence-electron chi connectivity index (χ4n) is 3.68. The molecule has 1 fully saturated rings. The molecular formula is C23H24Cl2N2O4. The van der Waals surface area contributed by atoms with Gasteiger partial charge in [0.05, 0.1) is 16.6 Å². The van der Waals surface area contributed by atoms with Gasteiger partial charge in [0.1, 0.15) is 0 Å². The van der Waals surface area contributed by atoms with E-state index in [0.717, 1.165) is 29.7 Å². The largest absolute Gasteiger partial charge is 0.455 e. The van der Waals surface area contributed by atoms with Crippen molar-refractivity contribution in [2.75, 3.05) is 23.4 Å². The number of ether oxygens (including phenoxy) is 1. The Morgan fingerprint density at radius 2 is 1.81 bits per heavy atom. The molecule has 0 aliphatic carbocycles. The van der Waals surface area contributed by atoms with Crippen molar-refractivity contribution in [3.8, 4) is 0 Å². The maximum atomic E-state index is 12.7. The van der Waals surface area contributed by atoms with Crippen LogP contribution in [0.15, 0.2) is 36.4 Å². The zero-order valence-corrected chi connectivity index (χ0v) is 18.9. The quantitative estimate of drug-likeness (QED) is 0.607. The minimum Gasteiger partial charge on any atom is -0.455 e. The average molecular weight is 463 g/mol. The van der Waals surface area contributed by atoms with Crippen LogP contribution in [0.3, 0.4) is 0 Å². The van der Waals surface area contributed by atoms with Gasteiger partial charge in [-0.3, -0.25) is 14.4 Å². The molecule has 3 rings (SSSR count). The predicted molar refractivity (Wildman–Crippen MR) is 122 cm³/mol. The fraction of sp³-hybridized carbons (Fsp3) is 0.348. The smallest absolute Gasteiger partial charge is 0.311 e. The highest BCUT2D eigenvalue weighted by Crippen LogP contribution is 2.33. The summed E-state index contributed by atoms with van der Waals surface area (Å²) in [4.78, 5) is 39.0. The first-order valence-corrected chi connectivity index (χ1v) is 10.9. The summed E-state index contributed by atoms with van der Waals surface area (Å²) in [5.41, 5.74) is 3.41. The molecule has 2 amide bonds. The van der Waals surface area contributed by atoms with Crippen molar-refractivity contribution in [1.29, 1.82) is 0 Å². The molecule has 31 heavy (non-hydrogen) atoms. The van der Waals surface area contributed by atoms with E-state index in [2.05, 4.69) is 5.32 Å². The van der Waals surface area contributed by atoms with Gasteiger partial charge in [0.25, 0.3) is 5.91 Å². The number of aryl methyl sites for hydroxylation is 2. The Morgan fingerprint density at radius 3 is 2.42 bits per heavy atom. The number of carbonyl (C=O) groups is 3. The number of anilines is 2. The molecule has 1 heterocycles. The Labute approximate surface area is 191 Å². The van der Waals surface area contributed by atoms with Crippen molar-refractivity contribution < 1.29 is 19.1 Å². The van der Waals surface area contributed by atoms with Crippen molar-refractivity contribution in [3.63, 3.8) is 0 Å². The van der Waals surface area contributed by atoms with Gasteiger partial charge in [-0.15, -0.1) is 0 Å². The second-order valence-electron chi connectivity index (χ2n) is 7.32. The third-order valence-corrected chi connectivity index (χ3v) is 5.79. The number of nitrogens with zero attached hydrogens (tertiary/aromatic N) is 1. The molecule has 0 aromatic heterocycles. The summed E-state index contributed by atoms with van der Waals surface area (Å²) in [5, 5.41) is 3.30. The molecule has 0 saturated carbocycles. The van der Waals surface area contributed by atoms with Crippen molar-refractivity contribution in [2.45, 2.75) is 33.1 Å². The number of rotatable bonds is 7. The number of halogens is 2. The Balaban J connectivity index is 1.61. The third-order valence-electron chi connectivity index (χ3n) is 5.24. The van der Waals surface area contributed by atoms with Crippen molar-refractivity contribution in [3.05, 3.63) is 57.6 Å². The summed E-state index contributed by atoms with van der Waals surface area (Å²) < 4.78 is 5.17. The van der Waals surface area contributed by atoms with E-state index in [-0.39, 0.29) is 23.9 Å². The summed E-state index contributed by atoms with van der Waals surface area (Å²) in [6, 6.07) is 10.6. The summed E-state index contributed by atoms with van der Waals surface area (Å²) in [5.74, 6) is -1.83. The Kier molecular flexibility index (Phi) is 7.57. The molecule has 1 saturated heterocycles. The normalized spacial score (nSPS) is 15.8. The van der Waals surface area contributed by atoms with Crippen molar-refractivity contribution in [1.82, 2.24) is 0 Å². The van der Waals surface area contributed by atoms with Crippen LogP contribution in [0.2, 0.25) is 10.0 Å². The molecule has 0 bridgehead atoms. The van der Waals surface area contributed by atoms with E-state index in [9.17, 15) is 14.4 Å². The Hall–Kier alpha value is -2.57. The number of benzene rings is 2. The van der Waals surface area contributed by atoms with E-state index in [0.29, 0.717) is 10.7 Å². The molecule has 0 radical (unpaired) electrons. The molecule has 1 atom stereocenters. The SMILES string of the molecule is CCc1cccc(CC)c1N1C[C@H](C(=O)OCC(=O)Nc2ccc(Cl)cc2Cl)CC1=O. The summed E-state index contributed by atoms with van der Waals surface area (Å²) in [7, 11) is 0. The maximum absolute atomic E-state index is 12.7. The second kappa shape index (κ2) is 10.2.